The topological polar surface area (TPSA) is 48.4 Å². The van der Waals surface area contributed by atoms with Crippen LogP contribution in [0.3, 0.4) is 0 Å². The number of pyridine rings is 1. The van der Waals surface area contributed by atoms with Crippen molar-refractivity contribution in [2.45, 2.75) is 13.5 Å². The summed E-state index contributed by atoms with van der Waals surface area (Å²) >= 11 is 0. The standard InChI is InChI=1S/C17H22F2N6/c1-12-8-16(22-17(21-12)23(2)3)25-6-4-24(5-7-25)11-13-14(18)9-20-10-15(13)19/h8-10H,4-7,11H2,1-3H3. The Morgan fingerprint density at radius 2 is 1.68 bits per heavy atom. The van der Waals surface area contributed by atoms with Gasteiger partial charge in [0.2, 0.25) is 5.95 Å². The SMILES string of the molecule is Cc1cc(N2CCN(Cc3c(F)cncc3F)CC2)nc(N(C)C)n1. The number of nitrogens with zero attached hydrogens (tertiary/aromatic N) is 6. The zero-order valence-electron chi connectivity index (χ0n) is 14.7. The van der Waals surface area contributed by atoms with Crippen LogP contribution in [0.25, 0.3) is 0 Å². The van der Waals surface area contributed by atoms with Crippen LogP contribution < -0.4 is 9.80 Å². The number of aryl methyl sites for hydroxylation is 1. The quantitative estimate of drug-likeness (QED) is 0.840. The fourth-order valence-electron chi connectivity index (χ4n) is 2.85. The normalized spacial score (nSPS) is 15.5. The Balaban J connectivity index is 1.66. The van der Waals surface area contributed by atoms with Gasteiger partial charge in [0.25, 0.3) is 0 Å². The predicted octanol–water partition coefficient (Wildman–Crippen LogP) is 1.85. The third-order valence-electron chi connectivity index (χ3n) is 4.26. The molecule has 2 aromatic rings. The zero-order chi connectivity index (χ0) is 18.0. The highest BCUT2D eigenvalue weighted by Crippen LogP contribution is 2.20. The van der Waals surface area contributed by atoms with Gasteiger partial charge in [-0.1, -0.05) is 0 Å². The van der Waals surface area contributed by atoms with Crippen LogP contribution in [0.15, 0.2) is 18.5 Å². The number of hydrogen-bond acceptors (Lipinski definition) is 6. The van der Waals surface area contributed by atoms with Gasteiger partial charge in [-0.25, -0.2) is 13.8 Å². The van der Waals surface area contributed by atoms with E-state index in [4.69, 9.17) is 0 Å². The minimum absolute atomic E-state index is 0.0798. The van der Waals surface area contributed by atoms with Crippen LogP contribution in [0.2, 0.25) is 0 Å². The fourth-order valence-corrected chi connectivity index (χ4v) is 2.85. The smallest absolute Gasteiger partial charge is 0.226 e. The molecule has 3 rings (SSSR count). The minimum Gasteiger partial charge on any atom is -0.354 e. The summed E-state index contributed by atoms with van der Waals surface area (Å²) in [6, 6.07) is 1.96. The molecule has 0 atom stereocenters. The second-order valence-corrected chi connectivity index (χ2v) is 6.41. The molecular weight excluding hydrogens is 326 g/mol. The molecule has 1 fully saturated rings. The lowest BCUT2D eigenvalue weighted by atomic mass is 10.2. The van der Waals surface area contributed by atoms with Crippen LogP contribution in [0, 0.1) is 18.6 Å². The molecule has 1 saturated heterocycles. The van der Waals surface area contributed by atoms with Crippen molar-refractivity contribution < 1.29 is 8.78 Å². The van der Waals surface area contributed by atoms with Gasteiger partial charge in [0.15, 0.2) is 0 Å². The molecule has 6 nitrogen and oxygen atoms in total. The Morgan fingerprint density at radius 1 is 1.04 bits per heavy atom. The molecule has 2 aromatic heterocycles. The molecule has 0 aromatic carbocycles. The second kappa shape index (κ2) is 7.26. The summed E-state index contributed by atoms with van der Waals surface area (Å²) in [6.45, 7) is 5.11. The van der Waals surface area contributed by atoms with Crippen molar-refractivity contribution in [2.24, 2.45) is 0 Å². The molecule has 0 spiro atoms. The minimum atomic E-state index is -0.593. The van der Waals surface area contributed by atoms with Gasteiger partial charge in [0.1, 0.15) is 17.5 Å². The Hall–Kier alpha value is -2.35. The molecule has 1 aliphatic rings. The van der Waals surface area contributed by atoms with Gasteiger partial charge in [-0.05, 0) is 6.92 Å². The van der Waals surface area contributed by atoms with Crippen molar-refractivity contribution in [1.82, 2.24) is 19.9 Å². The van der Waals surface area contributed by atoms with Gasteiger partial charge in [-0.3, -0.25) is 9.88 Å². The summed E-state index contributed by atoms with van der Waals surface area (Å²) in [7, 11) is 3.82. The van der Waals surface area contributed by atoms with E-state index in [1.807, 2.05) is 36.9 Å². The van der Waals surface area contributed by atoms with Crippen LogP contribution in [0.1, 0.15) is 11.3 Å². The molecule has 134 valence electrons. The summed E-state index contributed by atoms with van der Waals surface area (Å²) in [6.07, 6.45) is 2.11. The summed E-state index contributed by atoms with van der Waals surface area (Å²) in [5.74, 6) is 0.379. The Morgan fingerprint density at radius 3 is 2.28 bits per heavy atom. The van der Waals surface area contributed by atoms with Crippen molar-refractivity contribution in [3.05, 3.63) is 41.4 Å². The molecule has 0 amide bonds. The molecule has 25 heavy (non-hydrogen) atoms. The van der Waals surface area contributed by atoms with Crippen LogP contribution >= 0.6 is 0 Å². The molecule has 0 saturated carbocycles. The van der Waals surface area contributed by atoms with E-state index < -0.39 is 11.6 Å². The van der Waals surface area contributed by atoms with Gasteiger partial charge < -0.3 is 9.80 Å². The van der Waals surface area contributed by atoms with E-state index in [2.05, 4.69) is 19.9 Å². The Kier molecular flexibility index (Phi) is 5.08. The lowest BCUT2D eigenvalue weighted by Gasteiger charge is -2.35. The molecule has 1 aliphatic heterocycles. The largest absolute Gasteiger partial charge is 0.354 e. The Bertz CT molecular complexity index is 724. The lowest BCUT2D eigenvalue weighted by Crippen LogP contribution is -2.46. The van der Waals surface area contributed by atoms with E-state index in [9.17, 15) is 8.78 Å². The molecular formula is C17H22F2N6. The maximum Gasteiger partial charge on any atom is 0.226 e. The van der Waals surface area contributed by atoms with Crippen LogP contribution in [-0.2, 0) is 6.54 Å². The van der Waals surface area contributed by atoms with E-state index in [-0.39, 0.29) is 12.1 Å². The van der Waals surface area contributed by atoms with Crippen LogP contribution in [0.5, 0.6) is 0 Å². The average Bonchev–Trinajstić information content (AvgIpc) is 2.58. The zero-order valence-corrected chi connectivity index (χ0v) is 14.7. The van der Waals surface area contributed by atoms with Crippen molar-refractivity contribution in [1.29, 1.82) is 0 Å². The van der Waals surface area contributed by atoms with Gasteiger partial charge in [0.05, 0.1) is 12.4 Å². The lowest BCUT2D eigenvalue weighted by molar-refractivity contribution is 0.242. The van der Waals surface area contributed by atoms with E-state index in [1.165, 1.54) is 0 Å². The number of hydrogen-bond donors (Lipinski definition) is 0. The second-order valence-electron chi connectivity index (χ2n) is 6.41. The maximum absolute atomic E-state index is 13.8. The van der Waals surface area contributed by atoms with E-state index >= 15 is 0 Å². The number of aromatic nitrogens is 3. The summed E-state index contributed by atoms with van der Waals surface area (Å²) in [4.78, 5) is 18.6. The van der Waals surface area contributed by atoms with Crippen molar-refractivity contribution in [2.75, 3.05) is 50.1 Å². The molecule has 0 unspecified atom stereocenters. The van der Waals surface area contributed by atoms with Crippen molar-refractivity contribution in [3.63, 3.8) is 0 Å². The number of piperazine rings is 1. The number of halogens is 2. The third-order valence-corrected chi connectivity index (χ3v) is 4.26. The predicted molar refractivity (Wildman–Crippen MR) is 92.7 cm³/mol. The number of anilines is 2. The first-order valence-corrected chi connectivity index (χ1v) is 8.22. The number of rotatable bonds is 4. The molecule has 0 radical (unpaired) electrons. The summed E-state index contributed by atoms with van der Waals surface area (Å²) < 4.78 is 27.5. The fraction of sp³-hybridized carbons (Fsp3) is 0.471. The van der Waals surface area contributed by atoms with Gasteiger partial charge in [-0.15, -0.1) is 0 Å². The van der Waals surface area contributed by atoms with E-state index in [0.717, 1.165) is 37.0 Å². The Labute approximate surface area is 146 Å². The monoisotopic (exact) mass is 348 g/mol. The average molecular weight is 348 g/mol. The molecule has 3 heterocycles. The first kappa shape index (κ1) is 17.5. The maximum atomic E-state index is 13.8. The molecule has 0 aliphatic carbocycles. The van der Waals surface area contributed by atoms with E-state index in [0.29, 0.717) is 19.0 Å². The highest BCUT2D eigenvalue weighted by atomic mass is 19.1. The summed E-state index contributed by atoms with van der Waals surface area (Å²) in [5, 5.41) is 0. The highest BCUT2D eigenvalue weighted by molar-refractivity contribution is 5.45. The van der Waals surface area contributed by atoms with Crippen molar-refractivity contribution in [3.8, 4) is 0 Å². The third kappa shape index (κ3) is 4.01. The first-order chi connectivity index (χ1) is 11.9. The molecule has 0 N–H and O–H groups in total. The van der Waals surface area contributed by atoms with E-state index in [1.54, 1.807) is 0 Å². The van der Waals surface area contributed by atoms with Crippen LogP contribution in [0.4, 0.5) is 20.5 Å². The van der Waals surface area contributed by atoms with Gasteiger partial charge >= 0.3 is 0 Å². The molecule has 0 bridgehead atoms. The highest BCUT2D eigenvalue weighted by Gasteiger charge is 2.21. The van der Waals surface area contributed by atoms with Crippen LogP contribution in [-0.4, -0.2) is 60.1 Å². The van der Waals surface area contributed by atoms with Gasteiger partial charge in [-0.2, -0.15) is 4.98 Å². The van der Waals surface area contributed by atoms with Crippen molar-refractivity contribution >= 4 is 11.8 Å². The first-order valence-electron chi connectivity index (χ1n) is 8.22. The van der Waals surface area contributed by atoms with Gasteiger partial charge in [0, 0.05) is 64.1 Å². The molecule has 8 heteroatoms. The summed E-state index contributed by atoms with van der Waals surface area (Å²) in [5.41, 5.74) is 0.994.